The second-order valence-corrected chi connectivity index (χ2v) is 27.4. The molecule has 3 aliphatic heterocycles. The van der Waals surface area contributed by atoms with E-state index >= 15 is 8.78 Å². The van der Waals surface area contributed by atoms with Crippen LogP contribution in [0, 0.1) is 11.6 Å². The molecule has 4 atom stereocenters. The molecule has 3 aliphatic rings. The molecule has 3 aromatic rings. The van der Waals surface area contributed by atoms with Crippen molar-refractivity contribution in [3.63, 3.8) is 0 Å². The third-order valence-corrected chi connectivity index (χ3v) is 17.4. The zero-order valence-electron chi connectivity index (χ0n) is 30.9. The van der Waals surface area contributed by atoms with E-state index in [1.807, 2.05) is 21.8 Å². The molecule has 9 nitrogen and oxygen atoms in total. The third kappa shape index (κ3) is 7.82. The van der Waals surface area contributed by atoms with E-state index in [9.17, 15) is 0 Å². The van der Waals surface area contributed by atoms with E-state index in [2.05, 4.69) is 53.5 Å². The van der Waals surface area contributed by atoms with E-state index in [1.54, 1.807) is 6.07 Å². The van der Waals surface area contributed by atoms with Crippen molar-refractivity contribution < 1.29 is 36.9 Å². The quantitative estimate of drug-likeness (QED) is 0.105. The molecule has 14 heteroatoms. The maximum absolute atomic E-state index is 15.7. The van der Waals surface area contributed by atoms with Crippen LogP contribution < -0.4 is 9.64 Å². The zero-order chi connectivity index (χ0) is 36.0. The van der Waals surface area contributed by atoms with E-state index in [0.717, 1.165) is 16.5 Å². The lowest BCUT2D eigenvalue weighted by atomic mass is 10.1. The van der Waals surface area contributed by atoms with Gasteiger partial charge in [-0.15, -0.1) is 11.8 Å². The van der Waals surface area contributed by atoms with Crippen LogP contribution in [0.2, 0.25) is 43.8 Å². The molecule has 0 unspecified atom stereocenters. The van der Waals surface area contributed by atoms with Crippen molar-refractivity contribution in [2.24, 2.45) is 0 Å². The van der Waals surface area contributed by atoms with Crippen molar-refractivity contribution in [2.75, 3.05) is 57.3 Å². The van der Waals surface area contributed by atoms with Gasteiger partial charge >= 0.3 is 0 Å². The summed E-state index contributed by atoms with van der Waals surface area (Å²) in [5.41, 5.74) is 1.91. The summed E-state index contributed by atoms with van der Waals surface area (Å²) in [7, 11) is -3.37. The smallest absolute Gasteiger partial charge is 0.212 e. The van der Waals surface area contributed by atoms with Crippen molar-refractivity contribution in [1.82, 2.24) is 9.55 Å². The monoisotopic (exact) mass is 749 g/mol. The number of rotatable bonds is 12. The lowest BCUT2D eigenvalue weighted by molar-refractivity contribution is 0.00760. The van der Waals surface area contributed by atoms with E-state index in [4.69, 9.17) is 33.1 Å². The number of benzene rings is 1. The predicted octanol–water partition coefficient (Wildman–Crippen LogP) is 7.79. The molecule has 0 N–H and O–H groups in total. The van der Waals surface area contributed by atoms with Crippen LogP contribution in [-0.2, 0) is 30.1 Å². The van der Waals surface area contributed by atoms with Gasteiger partial charge in [0.15, 0.2) is 14.4 Å². The van der Waals surface area contributed by atoms with E-state index < -0.39 is 28.0 Å². The Kier molecular flexibility index (Phi) is 11.1. The highest BCUT2D eigenvalue weighted by Gasteiger charge is 2.52. The molecule has 0 aliphatic carbocycles. The van der Waals surface area contributed by atoms with Crippen molar-refractivity contribution in [1.29, 1.82) is 0 Å². The summed E-state index contributed by atoms with van der Waals surface area (Å²) in [5.74, 6) is -0.728. The van der Waals surface area contributed by atoms with Crippen LogP contribution in [0.4, 0.5) is 14.5 Å². The standard InChI is InChI=1S/C36H53F2N3O6SSi2/c1-36(2,3)50(8,9)47-29-21-45-32-28(20-44-33(29)32)46-35-34(48-4)31-27(41(35)22-43-16-17-49(5,6)7)11-10-26(39-31)30-24(37)18-23(19-25(30)38)40-12-14-42-15-13-40/h10-11,18-19,28-29,32-33H,12-17,20-22H2,1-9H3/t28-,29-,32-,33-/m1/s1. The largest absolute Gasteiger partial charge is 0.469 e. The number of halogens is 2. The molecule has 1 aromatic carbocycles. The molecule has 5 heterocycles. The first-order valence-corrected chi connectivity index (χ1v) is 25.5. The molecule has 276 valence electrons. The van der Waals surface area contributed by atoms with Gasteiger partial charge in [-0.05, 0) is 54.7 Å². The summed E-state index contributed by atoms with van der Waals surface area (Å²) >= 11 is 1.48. The lowest BCUT2D eigenvalue weighted by Crippen LogP contribution is -2.47. The first kappa shape index (κ1) is 37.7. The van der Waals surface area contributed by atoms with Gasteiger partial charge in [0.25, 0.3) is 0 Å². The molecular formula is C36H53F2N3O6SSi2. The van der Waals surface area contributed by atoms with E-state index in [0.29, 0.717) is 63.2 Å². The van der Waals surface area contributed by atoms with Crippen LogP contribution in [-0.4, -0.2) is 103 Å². The van der Waals surface area contributed by atoms with E-state index in [-0.39, 0.29) is 47.4 Å². The summed E-state index contributed by atoms with van der Waals surface area (Å²) in [6.45, 7) is 22.0. The highest BCUT2D eigenvalue weighted by Crippen LogP contribution is 2.44. The second kappa shape index (κ2) is 14.8. The summed E-state index contributed by atoms with van der Waals surface area (Å²) in [6.07, 6.45) is 0.887. The molecule has 6 rings (SSSR count). The molecule has 0 saturated carbocycles. The second-order valence-electron chi connectivity index (χ2n) is 16.2. The normalized spacial score (nSPS) is 23.2. The fraction of sp³-hybridized carbons (Fsp3) is 0.639. The Morgan fingerprint density at radius 3 is 2.22 bits per heavy atom. The van der Waals surface area contributed by atoms with Crippen molar-refractivity contribution in [3.8, 4) is 17.1 Å². The van der Waals surface area contributed by atoms with Gasteiger partial charge in [-0.1, -0.05) is 40.4 Å². The number of anilines is 1. The average molecular weight is 750 g/mol. The fourth-order valence-corrected chi connectivity index (χ4v) is 9.16. The first-order chi connectivity index (χ1) is 23.6. The Hall–Kier alpha value is -2.05. The van der Waals surface area contributed by atoms with Gasteiger partial charge in [0.2, 0.25) is 5.88 Å². The maximum Gasteiger partial charge on any atom is 0.212 e. The van der Waals surface area contributed by atoms with Crippen molar-refractivity contribution in [2.45, 2.75) is 101 Å². The van der Waals surface area contributed by atoms with Crippen LogP contribution in [0.1, 0.15) is 20.8 Å². The van der Waals surface area contributed by atoms with Gasteiger partial charge in [0, 0.05) is 33.5 Å². The number of thioether (sulfide) groups is 1. The summed E-state index contributed by atoms with van der Waals surface area (Å²) < 4.78 is 71.2. The van der Waals surface area contributed by atoms with Crippen LogP contribution in [0.3, 0.4) is 0 Å². The molecule has 0 amide bonds. The van der Waals surface area contributed by atoms with Crippen molar-refractivity contribution >= 4 is 44.9 Å². The minimum Gasteiger partial charge on any atom is -0.469 e. The minimum atomic E-state index is -2.05. The zero-order valence-corrected chi connectivity index (χ0v) is 33.8. The van der Waals surface area contributed by atoms with Gasteiger partial charge in [0.05, 0.1) is 54.2 Å². The number of nitrogens with zero attached hydrogens (tertiary/aromatic N) is 3. The summed E-state index contributed by atoms with van der Waals surface area (Å²) in [6, 6.07) is 7.31. The Labute approximate surface area is 301 Å². The van der Waals surface area contributed by atoms with Crippen LogP contribution >= 0.6 is 11.8 Å². The number of ether oxygens (including phenoxy) is 5. The first-order valence-electron chi connectivity index (χ1n) is 17.6. The fourth-order valence-electron chi connectivity index (χ4n) is 6.41. The minimum absolute atomic E-state index is 0.0612. The average Bonchev–Trinajstić information content (AvgIpc) is 3.71. The highest BCUT2D eigenvalue weighted by molar-refractivity contribution is 7.99. The lowest BCUT2D eigenvalue weighted by Gasteiger charge is -2.39. The van der Waals surface area contributed by atoms with Gasteiger partial charge in [-0.3, -0.25) is 4.57 Å². The topological polar surface area (TPSA) is 76.4 Å². The SMILES string of the molecule is CSc1c(O[C@@H]2CO[C@H]3[C@@H]2OC[C@H]3O[Si](C)(C)C(C)(C)C)n(COCC[Si](C)(C)C)c2ccc(-c3c(F)cc(N4CCOCC4)cc3F)nc12. The number of aromatic nitrogens is 2. The van der Waals surface area contributed by atoms with Crippen molar-refractivity contribution in [3.05, 3.63) is 35.9 Å². The van der Waals surface area contributed by atoms with Crippen LogP contribution in [0.25, 0.3) is 22.3 Å². The van der Waals surface area contributed by atoms with Gasteiger partial charge in [-0.2, -0.15) is 0 Å². The molecule has 0 bridgehead atoms. The van der Waals surface area contributed by atoms with Gasteiger partial charge < -0.3 is 33.0 Å². The molecule has 3 fully saturated rings. The van der Waals surface area contributed by atoms with Gasteiger partial charge in [-0.25, -0.2) is 13.8 Å². The predicted molar refractivity (Wildman–Crippen MR) is 200 cm³/mol. The van der Waals surface area contributed by atoms with Crippen LogP contribution in [0.15, 0.2) is 29.2 Å². The number of pyridine rings is 1. The number of hydrogen-bond donors (Lipinski definition) is 0. The summed E-state index contributed by atoms with van der Waals surface area (Å²) in [4.78, 5) is 7.58. The molecule has 2 aromatic heterocycles. The maximum atomic E-state index is 15.7. The Bertz CT molecular complexity index is 1650. The third-order valence-electron chi connectivity index (χ3n) is 10.4. The molecule has 50 heavy (non-hydrogen) atoms. The van der Waals surface area contributed by atoms with Crippen LogP contribution in [0.5, 0.6) is 5.88 Å². The Morgan fingerprint density at radius 1 is 0.960 bits per heavy atom. The molecule has 3 saturated heterocycles. The highest BCUT2D eigenvalue weighted by atomic mass is 32.2. The number of hydrogen-bond acceptors (Lipinski definition) is 9. The van der Waals surface area contributed by atoms with E-state index in [1.165, 1.54) is 23.9 Å². The Morgan fingerprint density at radius 2 is 1.60 bits per heavy atom. The number of fused-ring (bicyclic) bond motifs is 2. The molecule has 0 radical (unpaired) electrons. The molecular weight excluding hydrogens is 697 g/mol. The molecule has 0 spiro atoms. The summed E-state index contributed by atoms with van der Waals surface area (Å²) in [5, 5.41) is 0.0612. The van der Waals surface area contributed by atoms with Gasteiger partial charge in [0.1, 0.15) is 36.1 Å². The Balaban J connectivity index is 1.32. The number of morpholine rings is 1.